The Morgan fingerprint density at radius 3 is 2.72 bits per heavy atom. The van der Waals surface area contributed by atoms with Gasteiger partial charge in [0.05, 0.1) is 0 Å². The molecule has 94 valence electrons. The van der Waals surface area contributed by atoms with Gasteiger partial charge in [0.2, 0.25) is 5.91 Å². The van der Waals surface area contributed by atoms with Gasteiger partial charge >= 0.3 is 0 Å². The zero-order chi connectivity index (χ0) is 12.8. The number of hydrogen-bond acceptors (Lipinski definition) is 1. The predicted molar refractivity (Wildman–Crippen MR) is 78.4 cm³/mol. The van der Waals surface area contributed by atoms with Crippen molar-refractivity contribution in [1.82, 2.24) is 0 Å². The molecule has 0 radical (unpaired) electrons. The molecule has 1 amide bonds. The second-order valence-electron chi connectivity index (χ2n) is 4.40. The van der Waals surface area contributed by atoms with Crippen molar-refractivity contribution in [3.05, 3.63) is 53.0 Å². The van der Waals surface area contributed by atoms with Gasteiger partial charge in [0, 0.05) is 16.6 Å². The minimum absolute atomic E-state index is 0.0836. The van der Waals surface area contributed by atoms with E-state index in [1.165, 1.54) is 0 Å². The Bertz CT molecular complexity index is 462. The number of nitrogens with one attached hydrogen (secondary N) is 1. The van der Waals surface area contributed by atoms with E-state index >= 15 is 0 Å². The molecule has 1 aliphatic carbocycles. The molecule has 0 bridgehead atoms. The second kappa shape index (κ2) is 6.55. The SMILES string of the molecule is O=C(CCC1C=CC=CC1)Nc1ccc(Br)cc1. The maximum atomic E-state index is 11.8. The Kier molecular flexibility index (Phi) is 4.76. The summed E-state index contributed by atoms with van der Waals surface area (Å²) < 4.78 is 1.01. The highest BCUT2D eigenvalue weighted by Crippen LogP contribution is 2.18. The van der Waals surface area contributed by atoms with Crippen LogP contribution in [0.5, 0.6) is 0 Å². The number of rotatable bonds is 4. The van der Waals surface area contributed by atoms with Gasteiger partial charge in [-0.25, -0.2) is 0 Å². The largest absolute Gasteiger partial charge is 0.326 e. The number of halogens is 1. The summed E-state index contributed by atoms with van der Waals surface area (Å²) in [5.41, 5.74) is 0.849. The van der Waals surface area contributed by atoms with Crippen LogP contribution in [0.2, 0.25) is 0 Å². The van der Waals surface area contributed by atoms with Crippen LogP contribution in [0.4, 0.5) is 5.69 Å². The molecule has 0 spiro atoms. The summed E-state index contributed by atoms with van der Waals surface area (Å²) in [4.78, 5) is 11.8. The van der Waals surface area contributed by atoms with E-state index in [4.69, 9.17) is 0 Å². The van der Waals surface area contributed by atoms with E-state index < -0.39 is 0 Å². The monoisotopic (exact) mass is 305 g/mol. The first-order chi connectivity index (χ1) is 8.74. The van der Waals surface area contributed by atoms with Crippen molar-refractivity contribution in [2.45, 2.75) is 19.3 Å². The summed E-state index contributed by atoms with van der Waals surface area (Å²) in [6.45, 7) is 0. The quantitative estimate of drug-likeness (QED) is 0.883. The van der Waals surface area contributed by atoms with Crippen LogP contribution in [0.15, 0.2) is 53.0 Å². The minimum atomic E-state index is 0.0836. The van der Waals surface area contributed by atoms with E-state index in [-0.39, 0.29) is 5.91 Å². The minimum Gasteiger partial charge on any atom is -0.326 e. The fraction of sp³-hybridized carbons (Fsp3) is 0.267. The zero-order valence-corrected chi connectivity index (χ0v) is 11.7. The summed E-state index contributed by atoms with van der Waals surface area (Å²) in [5.74, 6) is 0.589. The first-order valence-corrected chi connectivity index (χ1v) is 6.92. The third-order valence-corrected chi connectivity index (χ3v) is 3.47. The average molecular weight is 306 g/mol. The molecular formula is C15H16BrNO. The van der Waals surface area contributed by atoms with E-state index in [2.05, 4.69) is 45.6 Å². The Labute approximate surface area is 116 Å². The van der Waals surface area contributed by atoms with Gasteiger partial charge in [-0.1, -0.05) is 40.2 Å². The summed E-state index contributed by atoms with van der Waals surface area (Å²) in [7, 11) is 0. The maximum absolute atomic E-state index is 11.8. The van der Waals surface area contributed by atoms with Crippen molar-refractivity contribution < 1.29 is 4.79 Å². The number of hydrogen-bond donors (Lipinski definition) is 1. The molecule has 0 fully saturated rings. The lowest BCUT2D eigenvalue weighted by molar-refractivity contribution is -0.116. The number of benzene rings is 1. The zero-order valence-electron chi connectivity index (χ0n) is 10.1. The molecule has 1 aromatic rings. The molecule has 0 saturated carbocycles. The van der Waals surface area contributed by atoms with Crippen LogP contribution < -0.4 is 5.32 Å². The average Bonchev–Trinajstić information content (AvgIpc) is 2.40. The van der Waals surface area contributed by atoms with E-state index in [9.17, 15) is 4.79 Å². The molecule has 2 rings (SSSR count). The van der Waals surface area contributed by atoms with Crippen molar-refractivity contribution in [1.29, 1.82) is 0 Å². The molecule has 1 unspecified atom stereocenters. The predicted octanol–water partition coefficient (Wildman–Crippen LogP) is 4.30. The molecule has 2 nitrogen and oxygen atoms in total. The van der Waals surface area contributed by atoms with E-state index in [1.54, 1.807) is 0 Å². The van der Waals surface area contributed by atoms with Gasteiger partial charge in [-0.2, -0.15) is 0 Å². The van der Waals surface area contributed by atoms with Crippen LogP contribution in [-0.4, -0.2) is 5.91 Å². The van der Waals surface area contributed by atoms with Crippen molar-refractivity contribution in [3.63, 3.8) is 0 Å². The molecule has 1 N–H and O–H groups in total. The summed E-state index contributed by atoms with van der Waals surface area (Å²) in [6.07, 6.45) is 11.0. The molecule has 0 saturated heterocycles. The summed E-state index contributed by atoms with van der Waals surface area (Å²) >= 11 is 3.37. The third kappa shape index (κ3) is 4.15. The highest BCUT2D eigenvalue weighted by Gasteiger charge is 2.09. The maximum Gasteiger partial charge on any atom is 0.224 e. The molecule has 1 aliphatic rings. The molecule has 0 heterocycles. The fourth-order valence-corrected chi connectivity index (χ4v) is 2.18. The normalized spacial score (nSPS) is 17.7. The van der Waals surface area contributed by atoms with Crippen LogP contribution in [-0.2, 0) is 4.79 Å². The van der Waals surface area contributed by atoms with Crippen molar-refractivity contribution in [2.75, 3.05) is 5.32 Å². The Morgan fingerprint density at radius 1 is 1.28 bits per heavy atom. The fourth-order valence-electron chi connectivity index (χ4n) is 1.92. The van der Waals surface area contributed by atoms with Crippen LogP contribution in [0, 0.1) is 5.92 Å². The van der Waals surface area contributed by atoms with Gasteiger partial charge in [0.15, 0.2) is 0 Å². The van der Waals surface area contributed by atoms with Crippen LogP contribution in [0.3, 0.4) is 0 Å². The highest BCUT2D eigenvalue weighted by molar-refractivity contribution is 9.10. The third-order valence-electron chi connectivity index (χ3n) is 2.94. The van der Waals surface area contributed by atoms with E-state index in [0.29, 0.717) is 12.3 Å². The van der Waals surface area contributed by atoms with Crippen LogP contribution in [0.25, 0.3) is 0 Å². The smallest absolute Gasteiger partial charge is 0.224 e. The molecule has 0 aromatic heterocycles. The second-order valence-corrected chi connectivity index (χ2v) is 5.32. The lowest BCUT2D eigenvalue weighted by Crippen LogP contribution is -2.13. The van der Waals surface area contributed by atoms with Gasteiger partial charge in [-0.05, 0) is 43.0 Å². The Balaban J connectivity index is 1.76. The first-order valence-electron chi connectivity index (χ1n) is 6.13. The molecule has 0 aliphatic heterocycles. The standard InChI is InChI=1S/C15H16BrNO/c16-13-7-9-14(10-8-13)17-15(18)11-6-12-4-2-1-3-5-12/h1-4,7-10,12H,5-6,11H2,(H,17,18). The first kappa shape index (κ1) is 13.1. The lowest BCUT2D eigenvalue weighted by Gasteiger charge is -2.12. The molecule has 1 atom stereocenters. The van der Waals surface area contributed by atoms with Gasteiger partial charge in [0.25, 0.3) is 0 Å². The highest BCUT2D eigenvalue weighted by atomic mass is 79.9. The number of carbonyl (C=O) groups excluding carboxylic acids is 1. The molecule has 3 heteroatoms. The number of carbonyl (C=O) groups is 1. The summed E-state index contributed by atoms with van der Waals surface area (Å²) in [5, 5.41) is 2.91. The topological polar surface area (TPSA) is 29.1 Å². The van der Waals surface area contributed by atoms with Crippen molar-refractivity contribution in [2.24, 2.45) is 5.92 Å². The number of anilines is 1. The molecule has 1 aromatic carbocycles. The summed E-state index contributed by atoms with van der Waals surface area (Å²) in [6, 6.07) is 7.63. The van der Waals surface area contributed by atoms with Crippen molar-refractivity contribution in [3.8, 4) is 0 Å². The molecular weight excluding hydrogens is 290 g/mol. The van der Waals surface area contributed by atoms with Gasteiger partial charge in [0.1, 0.15) is 0 Å². The Hall–Kier alpha value is -1.35. The number of allylic oxidation sites excluding steroid dienone is 4. The Morgan fingerprint density at radius 2 is 2.06 bits per heavy atom. The van der Waals surface area contributed by atoms with Crippen LogP contribution in [0.1, 0.15) is 19.3 Å². The molecule has 18 heavy (non-hydrogen) atoms. The van der Waals surface area contributed by atoms with Crippen LogP contribution >= 0.6 is 15.9 Å². The van der Waals surface area contributed by atoms with E-state index in [0.717, 1.165) is 23.0 Å². The van der Waals surface area contributed by atoms with Gasteiger partial charge in [-0.3, -0.25) is 4.79 Å². The van der Waals surface area contributed by atoms with Gasteiger partial charge < -0.3 is 5.32 Å². The van der Waals surface area contributed by atoms with Gasteiger partial charge in [-0.15, -0.1) is 0 Å². The number of amides is 1. The van der Waals surface area contributed by atoms with E-state index in [1.807, 2.05) is 24.3 Å². The van der Waals surface area contributed by atoms with Crippen molar-refractivity contribution >= 4 is 27.5 Å². The lowest BCUT2D eigenvalue weighted by atomic mass is 9.95.